The van der Waals surface area contributed by atoms with Gasteiger partial charge >= 0.3 is 0 Å². The SMILES string of the molecule is COc1cc(OC)cc(C(=O)NCCNc2ccc(-n3nc(C)c(C)c3C)nn2)c1. The summed E-state index contributed by atoms with van der Waals surface area (Å²) >= 11 is 0. The molecule has 0 fully saturated rings. The topological polar surface area (TPSA) is 103 Å². The maximum Gasteiger partial charge on any atom is 0.251 e. The third-order valence-electron chi connectivity index (χ3n) is 4.85. The second-order valence-corrected chi connectivity index (χ2v) is 6.77. The number of anilines is 1. The van der Waals surface area contributed by atoms with Crippen LogP contribution in [0.5, 0.6) is 11.5 Å². The fourth-order valence-corrected chi connectivity index (χ4v) is 2.88. The van der Waals surface area contributed by atoms with Crippen LogP contribution in [0.2, 0.25) is 0 Å². The lowest BCUT2D eigenvalue weighted by Gasteiger charge is -2.10. The first-order chi connectivity index (χ1) is 14.4. The van der Waals surface area contributed by atoms with Gasteiger partial charge in [0.15, 0.2) is 5.82 Å². The van der Waals surface area contributed by atoms with Crippen LogP contribution in [0.1, 0.15) is 27.3 Å². The minimum Gasteiger partial charge on any atom is -0.497 e. The molecule has 9 heteroatoms. The van der Waals surface area contributed by atoms with Crippen LogP contribution in [0.4, 0.5) is 5.82 Å². The molecule has 0 unspecified atom stereocenters. The van der Waals surface area contributed by atoms with Crippen molar-refractivity contribution in [2.45, 2.75) is 20.8 Å². The first kappa shape index (κ1) is 21.1. The number of methoxy groups -OCH3 is 2. The number of benzene rings is 1. The molecule has 30 heavy (non-hydrogen) atoms. The quantitative estimate of drug-likeness (QED) is 0.550. The van der Waals surface area contributed by atoms with Gasteiger partial charge in [0.2, 0.25) is 0 Å². The molecule has 3 aromatic rings. The van der Waals surface area contributed by atoms with Crippen molar-refractivity contribution < 1.29 is 14.3 Å². The number of carbonyl (C=O) groups excluding carboxylic acids is 1. The number of aromatic nitrogens is 4. The molecule has 0 aliphatic carbocycles. The average molecular weight is 410 g/mol. The standard InChI is InChI=1S/C21H26N6O3/c1-13-14(2)26-27(15(13)3)20-7-6-19(24-25-20)22-8-9-23-21(28)16-10-17(29-4)12-18(11-16)30-5/h6-7,10-12H,8-9H2,1-5H3,(H,22,24)(H,23,28). The van der Waals surface area contributed by atoms with Gasteiger partial charge in [-0.15, -0.1) is 10.2 Å². The van der Waals surface area contributed by atoms with E-state index < -0.39 is 0 Å². The smallest absolute Gasteiger partial charge is 0.251 e. The van der Waals surface area contributed by atoms with E-state index in [1.807, 2.05) is 32.9 Å². The largest absolute Gasteiger partial charge is 0.497 e. The third-order valence-corrected chi connectivity index (χ3v) is 4.85. The molecule has 1 amide bonds. The van der Waals surface area contributed by atoms with E-state index in [0.29, 0.717) is 41.8 Å². The van der Waals surface area contributed by atoms with E-state index in [1.54, 1.807) is 37.1 Å². The highest BCUT2D eigenvalue weighted by Crippen LogP contribution is 2.22. The van der Waals surface area contributed by atoms with Gasteiger partial charge in [0.25, 0.3) is 5.91 Å². The molecule has 2 aromatic heterocycles. The van der Waals surface area contributed by atoms with Gasteiger partial charge < -0.3 is 20.1 Å². The van der Waals surface area contributed by atoms with Gasteiger partial charge in [-0.1, -0.05) is 0 Å². The molecule has 1 aromatic carbocycles. The molecule has 2 heterocycles. The Kier molecular flexibility index (Phi) is 6.51. The number of aryl methyl sites for hydroxylation is 1. The molecule has 158 valence electrons. The maximum atomic E-state index is 12.4. The first-order valence-corrected chi connectivity index (χ1v) is 9.55. The van der Waals surface area contributed by atoms with Gasteiger partial charge in [-0.25, -0.2) is 4.68 Å². The summed E-state index contributed by atoms with van der Waals surface area (Å²) in [5.41, 5.74) is 3.62. The van der Waals surface area contributed by atoms with Gasteiger partial charge in [-0.05, 0) is 50.6 Å². The van der Waals surface area contributed by atoms with Gasteiger partial charge in [0.05, 0.1) is 19.9 Å². The molecule has 0 spiro atoms. The van der Waals surface area contributed by atoms with Gasteiger partial charge in [0, 0.05) is 30.4 Å². The molecule has 2 N–H and O–H groups in total. The van der Waals surface area contributed by atoms with Crippen LogP contribution in [0.25, 0.3) is 5.82 Å². The molecule has 0 atom stereocenters. The lowest BCUT2D eigenvalue weighted by atomic mass is 10.2. The van der Waals surface area contributed by atoms with Crippen LogP contribution in [0.3, 0.4) is 0 Å². The number of nitrogens with one attached hydrogen (secondary N) is 2. The number of amides is 1. The molecule has 9 nitrogen and oxygen atoms in total. The molecule has 3 rings (SSSR count). The lowest BCUT2D eigenvalue weighted by Crippen LogP contribution is -2.29. The Morgan fingerprint density at radius 2 is 1.70 bits per heavy atom. The predicted octanol–water partition coefficient (Wildman–Crippen LogP) is 2.45. The third kappa shape index (κ3) is 4.68. The molecule has 0 radical (unpaired) electrons. The van der Waals surface area contributed by atoms with Crippen molar-refractivity contribution in [3.8, 4) is 17.3 Å². The molecular weight excluding hydrogens is 384 g/mol. The van der Waals surface area contributed by atoms with E-state index in [-0.39, 0.29) is 5.91 Å². The van der Waals surface area contributed by atoms with Crippen molar-refractivity contribution in [1.82, 2.24) is 25.3 Å². The zero-order valence-electron chi connectivity index (χ0n) is 17.8. The van der Waals surface area contributed by atoms with Gasteiger partial charge in [-0.3, -0.25) is 4.79 Å². The Morgan fingerprint density at radius 3 is 2.23 bits per heavy atom. The fourth-order valence-electron chi connectivity index (χ4n) is 2.88. The second-order valence-electron chi connectivity index (χ2n) is 6.77. The summed E-state index contributed by atoms with van der Waals surface area (Å²) in [6, 6.07) is 8.73. The van der Waals surface area contributed by atoms with E-state index in [9.17, 15) is 4.79 Å². The summed E-state index contributed by atoms with van der Waals surface area (Å²) in [5.74, 6) is 2.19. The van der Waals surface area contributed by atoms with Crippen molar-refractivity contribution in [1.29, 1.82) is 0 Å². The minimum atomic E-state index is -0.213. The van der Waals surface area contributed by atoms with Crippen LogP contribution in [-0.2, 0) is 0 Å². The summed E-state index contributed by atoms with van der Waals surface area (Å²) in [4.78, 5) is 12.4. The van der Waals surface area contributed by atoms with Crippen LogP contribution < -0.4 is 20.1 Å². The van der Waals surface area contributed by atoms with E-state index in [0.717, 1.165) is 17.0 Å². The van der Waals surface area contributed by atoms with Gasteiger partial charge in [-0.2, -0.15) is 5.10 Å². The maximum absolute atomic E-state index is 12.4. The highest BCUT2D eigenvalue weighted by Gasteiger charge is 2.11. The van der Waals surface area contributed by atoms with Crippen molar-refractivity contribution in [2.75, 3.05) is 32.6 Å². The van der Waals surface area contributed by atoms with Crippen LogP contribution in [-0.4, -0.2) is 53.2 Å². The fraction of sp³-hybridized carbons (Fsp3) is 0.333. The molecule has 0 aliphatic rings. The van der Waals surface area contributed by atoms with Gasteiger partial charge in [0.1, 0.15) is 17.3 Å². The summed E-state index contributed by atoms with van der Waals surface area (Å²) in [5, 5.41) is 18.9. The molecule has 0 saturated carbocycles. The molecular formula is C21H26N6O3. The van der Waals surface area contributed by atoms with Crippen molar-refractivity contribution in [3.63, 3.8) is 0 Å². The van der Waals surface area contributed by atoms with E-state index in [4.69, 9.17) is 9.47 Å². The Labute approximate surface area is 175 Å². The molecule has 0 bridgehead atoms. The van der Waals surface area contributed by atoms with Crippen molar-refractivity contribution in [2.24, 2.45) is 0 Å². The minimum absolute atomic E-state index is 0.213. The summed E-state index contributed by atoms with van der Waals surface area (Å²) in [6.07, 6.45) is 0. The normalized spacial score (nSPS) is 10.6. The van der Waals surface area contributed by atoms with Crippen molar-refractivity contribution in [3.05, 3.63) is 52.8 Å². The number of hydrogen-bond acceptors (Lipinski definition) is 7. The highest BCUT2D eigenvalue weighted by atomic mass is 16.5. The van der Waals surface area contributed by atoms with Crippen LogP contribution in [0, 0.1) is 20.8 Å². The molecule has 0 saturated heterocycles. The van der Waals surface area contributed by atoms with E-state index >= 15 is 0 Å². The first-order valence-electron chi connectivity index (χ1n) is 9.55. The summed E-state index contributed by atoms with van der Waals surface area (Å²) in [6.45, 7) is 6.92. The Hall–Kier alpha value is -3.62. The van der Waals surface area contributed by atoms with Crippen molar-refractivity contribution >= 4 is 11.7 Å². The number of carbonyl (C=O) groups is 1. The highest BCUT2D eigenvalue weighted by molar-refractivity contribution is 5.95. The number of ether oxygens (including phenoxy) is 2. The second kappa shape index (κ2) is 9.25. The van der Waals surface area contributed by atoms with E-state index in [1.165, 1.54) is 0 Å². The zero-order valence-corrected chi connectivity index (χ0v) is 17.8. The van der Waals surface area contributed by atoms with Crippen LogP contribution in [0.15, 0.2) is 30.3 Å². The number of hydrogen-bond donors (Lipinski definition) is 2. The lowest BCUT2D eigenvalue weighted by molar-refractivity contribution is 0.0954. The van der Waals surface area contributed by atoms with E-state index in [2.05, 4.69) is 25.9 Å². The monoisotopic (exact) mass is 410 g/mol. The Morgan fingerprint density at radius 1 is 1.00 bits per heavy atom. The number of rotatable bonds is 8. The Balaban J connectivity index is 1.53. The number of nitrogens with zero attached hydrogens (tertiary/aromatic N) is 4. The average Bonchev–Trinajstić information content (AvgIpc) is 3.03. The van der Waals surface area contributed by atoms with Crippen LogP contribution >= 0.6 is 0 Å². The zero-order chi connectivity index (χ0) is 21.7. The predicted molar refractivity (Wildman–Crippen MR) is 114 cm³/mol. The summed E-state index contributed by atoms with van der Waals surface area (Å²) in [7, 11) is 3.09. The summed E-state index contributed by atoms with van der Waals surface area (Å²) < 4.78 is 12.2. The molecule has 0 aliphatic heterocycles. The Bertz CT molecular complexity index is 1010.